The smallest absolute Gasteiger partial charge is 0.186 e. The van der Waals surface area contributed by atoms with Gasteiger partial charge in [-0.05, 0) is 0 Å². The molecule has 6 nitrogen and oxygen atoms in total. The lowest BCUT2D eigenvalue weighted by molar-refractivity contribution is -0.166. The zero-order chi connectivity index (χ0) is 10.0. The summed E-state index contributed by atoms with van der Waals surface area (Å²) >= 11 is 0. The van der Waals surface area contributed by atoms with E-state index in [9.17, 15) is 10.2 Å². The molecule has 0 aromatic carbocycles. The Bertz CT molecular complexity index is 163. The lowest BCUT2D eigenvalue weighted by Crippen LogP contribution is -2.40. The van der Waals surface area contributed by atoms with Crippen LogP contribution < -0.4 is 0 Å². The van der Waals surface area contributed by atoms with Crippen LogP contribution in [0.4, 0.5) is 0 Å². The Morgan fingerprint density at radius 3 is 2.38 bits per heavy atom. The van der Waals surface area contributed by atoms with E-state index in [1.807, 2.05) is 0 Å². The molecule has 1 aliphatic heterocycles. The quantitative estimate of drug-likeness (QED) is 0.394. The van der Waals surface area contributed by atoms with Gasteiger partial charge in [-0.15, -0.1) is 0 Å². The van der Waals surface area contributed by atoms with Crippen molar-refractivity contribution >= 4 is 0 Å². The summed E-state index contributed by atoms with van der Waals surface area (Å²) in [5.41, 5.74) is 0. The van der Waals surface area contributed by atoms with Crippen LogP contribution in [-0.4, -0.2) is 64.8 Å². The van der Waals surface area contributed by atoms with Crippen LogP contribution in [0.1, 0.15) is 0 Å². The summed E-state index contributed by atoms with van der Waals surface area (Å²) in [6.07, 6.45) is -5.63. The zero-order valence-corrected chi connectivity index (χ0v) is 7.20. The number of aliphatic hydroxyl groups is 4. The van der Waals surface area contributed by atoms with Crippen LogP contribution in [0.3, 0.4) is 0 Å². The Hall–Kier alpha value is -0.240. The van der Waals surface area contributed by atoms with Gasteiger partial charge >= 0.3 is 0 Å². The van der Waals surface area contributed by atoms with Gasteiger partial charge in [0.1, 0.15) is 24.4 Å². The maximum atomic E-state index is 9.33. The van der Waals surface area contributed by atoms with Crippen LogP contribution in [0, 0.1) is 0 Å². The minimum Gasteiger partial charge on any atom is -0.394 e. The summed E-state index contributed by atoms with van der Waals surface area (Å²) in [4.78, 5) is 0. The van der Waals surface area contributed by atoms with Gasteiger partial charge in [0.25, 0.3) is 0 Å². The summed E-state index contributed by atoms with van der Waals surface area (Å²) in [5.74, 6) is 0. The lowest BCUT2D eigenvalue weighted by atomic mass is 10.1. The van der Waals surface area contributed by atoms with Gasteiger partial charge in [0.05, 0.1) is 6.61 Å². The molecule has 1 rings (SSSR count). The third-order valence-corrected chi connectivity index (χ3v) is 2.06. The standard InChI is InChI=1S/C7H14O6/c1-12-7-5(11)4(10)6(13-7)3(9)2-8/h3-11H,2H2,1H3/t3-,4-,5+,6+,7-/m1/s1. The molecule has 0 aromatic rings. The monoisotopic (exact) mass is 194 g/mol. The molecule has 1 saturated heterocycles. The second kappa shape index (κ2) is 4.32. The molecular formula is C7H14O6. The Labute approximate surface area is 75.3 Å². The van der Waals surface area contributed by atoms with Gasteiger partial charge in [0.2, 0.25) is 0 Å². The molecule has 78 valence electrons. The molecule has 0 spiro atoms. The van der Waals surface area contributed by atoms with Crippen LogP contribution in [0.5, 0.6) is 0 Å². The van der Waals surface area contributed by atoms with Gasteiger partial charge < -0.3 is 29.9 Å². The van der Waals surface area contributed by atoms with Crippen molar-refractivity contribution in [3.63, 3.8) is 0 Å². The van der Waals surface area contributed by atoms with Crippen molar-refractivity contribution in [1.82, 2.24) is 0 Å². The average Bonchev–Trinajstić information content (AvgIpc) is 2.43. The van der Waals surface area contributed by atoms with Crippen molar-refractivity contribution in [2.24, 2.45) is 0 Å². The van der Waals surface area contributed by atoms with E-state index in [4.69, 9.17) is 19.7 Å². The van der Waals surface area contributed by atoms with E-state index in [2.05, 4.69) is 0 Å². The average molecular weight is 194 g/mol. The van der Waals surface area contributed by atoms with Crippen LogP contribution in [0.2, 0.25) is 0 Å². The van der Waals surface area contributed by atoms with Crippen molar-refractivity contribution in [2.45, 2.75) is 30.7 Å². The highest BCUT2D eigenvalue weighted by molar-refractivity contribution is 4.90. The molecule has 0 aromatic heterocycles. The molecule has 1 heterocycles. The van der Waals surface area contributed by atoms with E-state index in [1.54, 1.807) is 0 Å². The second-order valence-electron chi connectivity index (χ2n) is 2.94. The largest absolute Gasteiger partial charge is 0.394 e. The highest BCUT2D eigenvalue weighted by Crippen LogP contribution is 2.23. The summed E-state index contributed by atoms with van der Waals surface area (Å²) in [6.45, 7) is -0.537. The predicted molar refractivity (Wildman–Crippen MR) is 40.8 cm³/mol. The highest BCUT2D eigenvalue weighted by Gasteiger charge is 2.45. The minimum atomic E-state index is -1.24. The van der Waals surface area contributed by atoms with E-state index in [0.29, 0.717) is 0 Å². The SMILES string of the molecule is CO[C@@H]1O[C@@H]([C@H](O)CO)[C@H](O)[C@@H]1O. The number of hydrogen-bond donors (Lipinski definition) is 4. The van der Waals surface area contributed by atoms with Crippen molar-refractivity contribution in [3.8, 4) is 0 Å². The second-order valence-corrected chi connectivity index (χ2v) is 2.94. The molecule has 0 aliphatic carbocycles. The molecule has 0 amide bonds. The first kappa shape index (κ1) is 10.8. The molecule has 13 heavy (non-hydrogen) atoms. The topological polar surface area (TPSA) is 99.4 Å². The summed E-state index contributed by atoms with van der Waals surface area (Å²) in [7, 11) is 1.31. The number of rotatable bonds is 3. The van der Waals surface area contributed by atoms with Crippen LogP contribution in [0.15, 0.2) is 0 Å². The van der Waals surface area contributed by atoms with Gasteiger partial charge in [-0.3, -0.25) is 0 Å². The van der Waals surface area contributed by atoms with Crippen LogP contribution in [-0.2, 0) is 9.47 Å². The first-order valence-electron chi connectivity index (χ1n) is 3.95. The molecular weight excluding hydrogens is 180 g/mol. The molecule has 5 atom stereocenters. The third-order valence-electron chi connectivity index (χ3n) is 2.06. The van der Waals surface area contributed by atoms with Gasteiger partial charge in [0, 0.05) is 7.11 Å². The van der Waals surface area contributed by atoms with Gasteiger partial charge in [-0.25, -0.2) is 0 Å². The van der Waals surface area contributed by atoms with E-state index in [0.717, 1.165) is 0 Å². The summed E-state index contributed by atoms with van der Waals surface area (Å²) in [5, 5.41) is 36.4. The fourth-order valence-corrected chi connectivity index (χ4v) is 1.29. The van der Waals surface area contributed by atoms with Gasteiger partial charge in [-0.2, -0.15) is 0 Å². The van der Waals surface area contributed by atoms with E-state index in [-0.39, 0.29) is 0 Å². The summed E-state index contributed by atoms with van der Waals surface area (Å²) in [6, 6.07) is 0. The van der Waals surface area contributed by atoms with Crippen molar-refractivity contribution in [3.05, 3.63) is 0 Å². The molecule has 0 bridgehead atoms. The predicted octanol–water partition coefficient (Wildman–Crippen LogP) is -2.57. The molecule has 1 aliphatic rings. The van der Waals surface area contributed by atoms with Crippen molar-refractivity contribution in [2.75, 3.05) is 13.7 Å². The minimum absolute atomic E-state index is 0.537. The van der Waals surface area contributed by atoms with Gasteiger partial charge in [-0.1, -0.05) is 0 Å². The summed E-state index contributed by atoms with van der Waals surface area (Å²) < 4.78 is 9.65. The van der Waals surface area contributed by atoms with E-state index < -0.39 is 37.3 Å². The number of methoxy groups -OCH3 is 1. The third kappa shape index (κ3) is 1.98. The van der Waals surface area contributed by atoms with Crippen LogP contribution >= 0.6 is 0 Å². The van der Waals surface area contributed by atoms with E-state index in [1.165, 1.54) is 7.11 Å². The Kier molecular flexibility index (Phi) is 3.60. The molecule has 0 unspecified atom stereocenters. The normalized spacial score (nSPS) is 42.2. The highest BCUT2D eigenvalue weighted by atomic mass is 16.7. The van der Waals surface area contributed by atoms with E-state index >= 15 is 0 Å². The number of hydrogen-bond acceptors (Lipinski definition) is 6. The van der Waals surface area contributed by atoms with Crippen LogP contribution in [0.25, 0.3) is 0 Å². The van der Waals surface area contributed by atoms with Gasteiger partial charge in [0.15, 0.2) is 6.29 Å². The molecule has 1 fully saturated rings. The van der Waals surface area contributed by atoms with Crippen molar-refractivity contribution < 1.29 is 29.9 Å². The molecule has 4 N–H and O–H groups in total. The fraction of sp³-hybridized carbons (Fsp3) is 1.00. The Morgan fingerprint density at radius 1 is 1.38 bits per heavy atom. The first-order chi connectivity index (χ1) is 6.11. The number of ether oxygens (including phenoxy) is 2. The fourth-order valence-electron chi connectivity index (χ4n) is 1.29. The zero-order valence-electron chi connectivity index (χ0n) is 7.20. The Balaban J connectivity index is 2.60. The van der Waals surface area contributed by atoms with Crippen molar-refractivity contribution in [1.29, 1.82) is 0 Å². The number of aliphatic hydroxyl groups excluding tert-OH is 4. The maximum Gasteiger partial charge on any atom is 0.186 e. The molecule has 0 radical (unpaired) electrons. The first-order valence-corrected chi connectivity index (χ1v) is 3.95. The Morgan fingerprint density at radius 2 is 2.00 bits per heavy atom. The molecule has 6 heteroatoms. The maximum absolute atomic E-state index is 9.33. The molecule has 0 saturated carbocycles. The lowest BCUT2D eigenvalue weighted by Gasteiger charge is -2.18.